The predicted octanol–water partition coefficient (Wildman–Crippen LogP) is 4.54. The van der Waals surface area contributed by atoms with Crippen molar-refractivity contribution in [2.75, 3.05) is 4.90 Å². The molecule has 33 heavy (non-hydrogen) atoms. The van der Waals surface area contributed by atoms with Crippen molar-refractivity contribution in [2.24, 2.45) is 7.05 Å². The monoisotopic (exact) mass is 448 g/mol. The van der Waals surface area contributed by atoms with Crippen molar-refractivity contribution in [3.63, 3.8) is 0 Å². The Kier molecular flexibility index (Phi) is 5.08. The second-order valence-corrected chi connectivity index (χ2v) is 8.44. The third kappa shape index (κ3) is 3.71. The number of pyridine rings is 2. The Hall–Kier alpha value is -3.81. The smallest absolute Gasteiger partial charge is 0.253 e. The van der Waals surface area contributed by atoms with Crippen LogP contribution in [0.5, 0.6) is 0 Å². The fraction of sp³-hybridized carbons (Fsp3) is 0.240. The van der Waals surface area contributed by atoms with E-state index >= 15 is 0 Å². The first-order chi connectivity index (χ1) is 15.8. The maximum absolute atomic E-state index is 13.9. The van der Waals surface area contributed by atoms with Crippen molar-refractivity contribution >= 4 is 17.2 Å². The van der Waals surface area contributed by atoms with Gasteiger partial charge >= 0.3 is 0 Å². The van der Waals surface area contributed by atoms with Crippen LogP contribution in [-0.4, -0.2) is 19.9 Å². The van der Waals surface area contributed by atoms with Crippen LogP contribution in [0.15, 0.2) is 59.8 Å². The van der Waals surface area contributed by atoms with Gasteiger partial charge in [-0.2, -0.15) is 0 Å². The number of imidazole rings is 1. The summed E-state index contributed by atoms with van der Waals surface area (Å²) in [7, 11) is 1.72. The van der Waals surface area contributed by atoms with E-state index in [1.54, 1.807) is 24.7 Å². The second-order valence-electron chi connectivity index (χ2n) is 8.44. The lowest BCUT2D eigenvalue weighted by Gasteiger charge is -2.34. The molecule has 0 unspecified atom stereocenters. The van der Waals surface area contributed by atoms with E-state index in [2.05, 4.69) is 0 Å². The lowest BCUT2D eigenvalue weighted by Crippen LogP contribution is -2.38. The highest BCUT2D eigenvalue weighted by atomic mass is 19.2. The molecule has 1 aliphatic rings. The maximum atomic E-state index is 13.9. The van der Waals surface area contributed by atoms with E-state index in [0.717, 1.165) is 23.3 Å². The first kappa shape index (κ1) is 21.1. The van der Waals surface area contributed by atoms with E-state index < -0.39 is 11.6 Å². The van der Waals surface area contributed by atoms with Crippen LogP contribution in [0.3, 0.4) is 0 Å². The molecule has 1 amide bonds. The van der Waals surface area contributed by atoms with Gasteiger partial charge in [0.05, 0.1) is 11.7 Å². The Morgan fingerprint density at radius 1 is 1.00 bits per heavy atom. The van der Waals surface area contributed by atoms with E-state index in [9.17, 15) is 18.4 Å². The van der Waals surface area contributed by atoms with E-state index in [1.165, 1.54) is 11.0 Å². The summed E-state index contributed by atoms with van der Waals surface area (Å²) in [5.41, 5.74) is 4.12. The minimum atomic E-state index is -0.989. The molecule has 4 aromatic rings. The Balaban J connectivity index is 1.55. The maximum Gasteiger partial charge on any atom is 0.253 e. The fourth-order valence-corrected chi connectivity index (χ4v) is 4.49. The van der Waals surface area contributed by atoms with Crippen LogP contribution in [0.2, 0.25) is 0 Å². The van der Waals surface area contributed by atoms with Crippen molar-refractivity contribution in [3.8, 4) is 11.1 Å². The van der Waals surface area contributed by atoms with Crippen molar-refractivity contribution < 1.29 is 13.6 Å². The second kappa shape index (κ2) is 7.95. The van der Waals surface area contributed by atoms with Gasteiger partial charge in [-0.15, -0.1) is 0 Å². The van der Waals surface area contributed by atoms with Gasteiger partial charge in [-0.3, -0.25) is 9.59 Å². The standard InChI is InChI=1S/C25H22F2N4O2/c1-15-10-17(13-29(2)25(15)33)16-8-9-30-14-21(28-23(30)11-16)22-4-3-5-24(32)31(22)18-6-7-19(26)20(27)12-18/h6-14,22H,3-5H2,1-2H3/t22-/m0/s1. The number of halogens is 2. The lowest BCUT2D eigenvalue weighted by molar-refractivity contribution is -0.120. The molecule has 4 heterocycles. The van der Waals surface area contributed by atoms with E-state index in [0.29, 0.717) is 41.9 Å². The van der Waals surface area contributed by atoms with E-state index in [4.69, 9.17) is 4.98 Å². The molecule has 1 aliphatic heterocycles. The zero-order valence-corrected chi connectivity index (χ0v) is 18.3. The van der Waals surface area contributed by atoms with Gasteiger partial charge in [-0.25, -0.2) is 13.8 Å². The number of carbonyl (C=O) groups is 1. The van der Waals surface area contributed by atoms with Crippen molar-refractivity contribution in [1.29, 1.82) is 0 Å². The topological polar surface area (TPSA) is 59.6 Å². The summed E-state index contributed by atoms with van der Waals surface area (Å²) in [5.74, 6) is -2.08. The van der Waals surface area contributed by atoms with Crippen LogP contribution >= 0.6 is 0 Å². The molecule has 0 saturated carbocycles. The van der Waals surface area contributed by atoms with Crippen LogP contribution in [0.4, 0.5) is 14.5 Å². The number of carbonyl (C=O) groups excluding carboxylic acids is 1. The molecule has 0 radical (unpaired) electrons. The zero-order chi connectivity index (χ0) is 23.3. The van der Waals surface area contributed by atoms with Crippen LogP contribution in [0.25, 0.3) is 16.8 Å². The molecule has 1 aromatic carbocycles. The van der Waals surface area contributed by atoms with Crippen LogP contribution < -0.4 is 10.5 Å². The summed E-state index contributed by atoms with van der Waals surface area (Å²) in [6.07, 6.45) is 7.24. The van der Waals surface area contributed by atoms with Crippen LogP contribution in [0.1, 0.15) is 36.6 Å². The minimum absolute atomic E-state index is 0.0396. The van der Waals surface area contributed by atoms with Crippen molar-refractivity contribution in [2.45, 2.75) is 32.2 Å². The molecular formula is C25H22F2N4O2. The number of hydrogen-bond acceptors (Lipinski definition) is 3. The predicted molar refractivity (Wildman–Crippen MR) is 121 cm³/mol. The number of nitrogens with zero attached hydrogens (tertiary/aromatic N) is 4. The number of benzene rings is 1. The van der Waals surface area contributed by atoms with Gasteiger partial charge in [0.25, 0.3) is 5.56 Å². The number of fused-ring (bicyclic) bond motifs is 1. The molecule has 1 saturated heterocycles. The number of rotatable bonds is 3. The van der Waals surface area contributed by atoms with Gasteiger partial charge in [0.2, 0.25) is 5.91 Å². The molecule has 0 spiro atoms. The molecule has 1 fully saturated rings. The molecule has 5 rings (SSSR count). The summed E-state index contributed by atoms with van der Waals surface area (Å²) in [6, 6.07) is 8.86. The first-order valence-corrected chi connectivity index (χ1v) is 10.8. The van der Waals surface area contributed by atoms with E-state index in [-0.39, 0.29) is 17.5 Å². The fourth-order valence-electron chi connectivity index (χ4n) is 4.49. The normalized spacial score (nSPS) is 16.5. The van der Waals surface area contributed by atoms with Crippen molar-refractivity contribution in [1.82, 2.24) is 14.0 Å². The summed E-state index contributed by atoms with van der Waals surface area (Å²) < 4.78 is 30.8. The highest BCUT2D eigenvalue weighted by molar-refractivity contribution is 5.94. The molecule has 6 nitrogen and oxygen atoms in total. The summed E-state index contributed by atoms with van der Waals surface area (Å²) in [6.45, 7) is 1.78. The quantitative estimate of drug-likeness (QED) is 0.462. The zero-order valence-electron chi connectivity index (χ0n) is 18.3. The van der Waals surface area contributed by atoms with Gasteiger partial charge in [0, 0.05) is 49.4 Å². The average molecular weight is 448 g/mol. The Bertz CT molecular complexity index is 1430. The van der Waals surface area contributed by atoms with E-state index in [1.807, 2.05) is 35.0 Å². The molecule has 0 aliphatic carbocycles. The van der Waals surface area contributed by atoms with Crippen molar-refractivity contribution in [3.05, 3.63) is 88.2 Å². The number of aryl methyl sites for hydroxylation is 2. The Morgan fingerprint density at radius 2 is 1.82 bits per heavy atom. The van der Waals surface area contributed by atoms with Gasteiger partial charge in [-0.1, -0.05) is 0 Å². The number of hydrogen-bond donors (Lipinski definition) is 0. The summed E-state index contributed by atoms with van der Waals surface area (Å²) in [5, 5.41) is 0. The minimum Gasteiger partial charge on any atom is -0.318 e. The SMILES string of the molecule is Cc1cc(-c2ccn3cc([C@@H]4CCCC(=O)N4c4ccc(F)c(F)c4)nc3c2)cn(C)c1=O. The number of aromatic nitrogens is 3. The Morgan fingerprint density at radius 3 is 2.58 bits per heavy atom. The van der Waals surface area contributed by atoms with Gasteiger partial charge in [-0.05, 0) is 61.2 Å². The van der Waals surface area contributed by atoms with Gasteiger partial charge in [0.1, 0.15) is 5.65 Å². The number of amides is 1. The molecular weight excluding hydrogens is 426 g/mol. The average Bonchev–Trinajstić information content (AvgIpc) is 3.22. The molecule has 0 N–H and O–H groups in total. The first-order valence-electron chi connectivity index (χ1n) is 10.8. The summed E-state index contributed by atoms with van der Waals surface area (Å²) >= 11 is 0. The highest BCUT2D eigenvalue weighted by Crippen LogP contribution is 2.36. The third-order valence-electron chi connectivity index (χ3n) is 6.15. The van der Waals surface area contributed by atoms with Crippen LogP contribution in [0, 0.1) is 18.6 Å². The van der Waals surface area contributed by atoms with Crippen LogP contribution in [-0.2, 0) is 11.8 Å². The number of piperidine rings is 1. The highest BCUT2D eigenvalue weighted by Gasteiger charge is 2.32. The molecule has 8 heteroatoms. The molecule has 1 atom stereocenters. The van der Waals surface area contributed by atoms with Gasteiger partial charge < -0.3 is 13.9 Å². The largest absolute Gasteiger partial charge is 0.318 e. The Labute approximate surface area is 188 Å². The summed E-state index contributed by atoms with van der Waals surface area (Å²) in [4.78, 5) is 31.1. The molecule has 0 bridgehead atoms. The molecule has 3 aromatic heterocycles. The number of anilines is 1. The third-order valence-corrected chi connectivity index (χ3v) is 6.15. The van der Waals surface area contributed by atoms with Gasteiger partial charge in [0.15, 0.2) is 11.6 Å². The lowest BCUT2D eigenvalue weighted by atomic mass is 9.98. The molecule has 168 valence electrons.